The number of nitrogens with zero attached hydrogens (tertiary/aromatic N) is 1. The molecule has 2 aromatic rings. The number of carbonyl (C=O) groups is 3. The van der Waals surface area contributed by atoms with Crippen LogP contribution in [-0.4, -0.2) is 40.0 Å². The normalized spacial score (nSPS) is 12.7. The van der Waals surface area contributed by atoms with Gasteiger partial charge in [0.1, 0.15) is 11.6 Å². The highest BCUT2D eigenvalue weighted by Gasteiger charge is 2.21. The van der Waals surface area contributed by atoms with Crippen molar-refractivity contribution in [3.63, 3.8) is 0 Å². The first-order valence-corrected chi connectivity index (χ1v) is 9.89. The number of aryl methyl sites for hydroxylation is 1. The molecule has 2 amide bonds. The maximum Gasteiger partial charge on any atom is 0.316 e. The van der Waals surface area contributed by atoms with Crippen molar-refractivity contribution in [2.75, 3.05) is 16.4 Å². The molecule has 0 aliphatic rings. The van der Waals surface area contributed by atoms with Gasteiger partial charge in [-0.1, -0.05) is 16.8 Å². The fourth-order valence-electron chi connectivity index (χ4n) is 2.03. The molecule has 2 atom stereocenters. The minimum absolute atomic E-state index is 0.0228. The Morgan fingerprint density at radius 1 is 1.24 bits per heavy atom. The van der Waals surface area contributed by atoms with E-state index >= 15 is 0 Å². The number of hydrogen-bond acceptors (Lipinski definition) is 7. The van der Waals surface area contributed by atoms with Crippen LogP contribution >= 0.6 is 23.4 Å². The first-order valence-electron chi connectivity index (χ1n) is 8.47. The molecule has 0 aliphatic heterocycles. The van der Waals surface area contributed by atoms with Crippen molar-refractivity contribution in [2.24, 2.45) is 0 Å². The van der Waals surface area contributed by atoms with Crippen LogP contribution in [0.3, 0.4) is 0 Å². The lowest BCUT2D eigenvalue weighted by Crippen LogP contribution is -2.31. The van der Waals surface area contributed by atoms with Crippen LogP contribution in [0.2, 0.25) is 5.02 Å². The third-order valence-corrected chi connectivity index (χ3v) is 5.00. The highest BCUT2D eigenvalue weighted by Crippen LogP contribution is 2.22. The number of aromatic nitrogens is 1. The Kier molecular flexibility index (Phi) is 8.03. The second kappa shape index (κ2) is 10.3. The minimum Gasteiger partial charge on any atom is -0.452 e. The van der Waals surface area contributed by atoms with Gasteiger partial charge in [-0.15, -0.1) is 11.8 Å². The molecule has 8 nitrogen and oxygen atoms in total. The summed E-state index contributed by atoms with van der Waals surface area (Å²) in [4.78, 5) is 36.1. The van der Waals surface area contributed by atoms with E-state index in [1.807, 2.05) is 0 Å². The number of ether oxygens (including phenoxy) is 1. The van der Waals surface area contributed by atoms with Gasteiger partial charge >= 0.3 is 5.97 Å². The highest BCUT2D eigenvalue weighted by molar-refractivity contribution is 8.01. The minimum atomic E-state index is -1.11. The molecule has 0 saturated carbocycles. The Labute approximate surface area is 175 Å². The smallest absolute Gasteiger partial charge is 0.316 e. The molecule has 0 spiro atoms. The van der Waals surface area contributed by atoms with E-state index in [-0.39, 0.29) is 28.2 Å². The molecule has 1 aromatic heterocycles. The third-order valence-electron chi connectivity index (χ3n) is 3.57. The second-order valence-corrected chi connectivity index (χ2v) is 7.75. The number of anilines is 2. The zero-order chi connectivity index (χ0) is 21.6. The van der Waals surface area contributed by atoms with Gasteiger partial charge in [-0.2, -0.15) is 0 Å². The summed E-state index contributed by atoms with van der Waals surface area (Å²) >= 11 is 6.88. The zero-order valence-electron chi connectivity index (χ0n) is 15.8. The van der Waals surface area contributed by atoms with E-state index in [2.05, 4.69) is 15.8 Å². The number of rotatable bonds is 8. The summed E-state index contributed by atoms with van der Waals surface area (Å²) in [6, 6.07) is 5.06. The van der Waals surface area contributed by atoms with E-state index in [1.165, 1.54) is 13.0 Å². The van der Waals surface area contributed by atoms with Crippen molar-refractivity contribution in [3.05, 3.63) is 40.9 Å². The predicted octanol–water partition coefficient (Wildman–Crippen LogP) is 3.41. The molecule has 156 valence electrons. The van der Waals surface area contributed by atoms with E-state index in [9.17, 15) is 18.8 Å². The molecular formula is C18H19ClFN3O5S. The second-order valence-electron chi connectivity index (χ2n) is 6.01. The van der Waals surface area contributed by atoms with Crippen LogP contribution < -0.4 is 10.6 Å². The Hall–Kier alpha value is -2.59. The van der Waals surface area contributed by atoms with Gasteiger partial charge in [-0.3, -0.25) is 14.4 Å². The van der Waals surface area contributed by atoms with E-state index < -0.39 is 29.0 Å². The van der Waals surface area contributed by atoms with Crippen molar-refractivity contribution in [1.82, 2.24) is 5.16 Å². The zero-order valence-corrected chi connectivity index (χ0v) is 17.4. The maximum atomic E-state index is 13.0. The quantitative estimate of drug-likeness (QED) is 0.601. The number of nitrogens with one attached hydrogen (secondary N) is 2. The monoisotopic (exact) mass is 443 g/mol. The van der Waals surface area contributed by atoms with Crippen LogP contribution in [-0.2, 0) is 19.1 Å². The molecule has 29 heavy (non-hydrogen) atoms. The van der Waals surface area contributed by atoms with E-state index in [0.717, 1.165) is 23.9 Å². The largest absolute Gasteiger partial charge is 0.452 e. The Morgan fingerprint density at radius 3 is 2.59 bits per heavy atom. The number of carbonyl (C=O) groups excluding carboxylic acids is 3. The van der Waals surface area contributed by atoms with Gasteiger partial charge in [0, 0.05) is 6.07 Å². The summed E-state index contributed by atoms with van der Waals surface area (Å²) in [6.45, 7) is 4.70. The number of amides is 2. The van der Waals surface area contributed by atoms with Gasteiger partial charge in [0.05, 0.1) is 21.7 Å². The van der Waals surface area contributed by atoms with E-state index in [4.69, 9.17) is 20.9 Å². The number of hydrogen-bond donors (Lipinski definition) is 2. The molecule has 0 fully saturated rings. The summed E-state index contributed by atoms with van der Waals surface area (Å²) < 4.78 is 22.9. The highest BCUT2D eigenvalue weighted by atomic mass is 35.5. The summed E-state index contributed by atoms with van der Waals surface area (Å²) in [6.07, 6.45) is -1.11. The van der Waals surface area contributed by atoms with Gasteiger partial charge < -0.3 is 19.9 Å². The fourth-order valence-corrected chi connectivity index (χ4v) is 2.91. The summed E-state index contributed by atoms with van der Waals surface area (Å²) in [7, 11) is 0. The molecule has 0 saturated heterocycles. The van der Waals surface area contributed by atoms with Gasteiger partial charge in [0.25, 0.3) is 5.91 Å². The molecule has 0 unspecified atom stereocenters. The van der Waals surface area contributed by atoms with Crippen molar-refractivity contribution in [2.45, 2.75) is 32.1 Å². The molecule has 11 heteroatoms. The molecule has 1 heterocycles. The van der Waals surface area contributed by atoms with E-state index in [1.54, 1.807) is 19.9 Å². The van der Waals surface area contributed by atoms with Crippen molar-refractivity contribution < 1.29 is 28.0 Å². The SMILES string of the molecule is Cc1cc(NC(=O)[C@H](C)SCC(=O)O[C@H](C)C(=O)Nc2ccc(F)cc2Cl)no1. The standard InChI is InChI=1S/C18H19ClFN3O5S/c1-9-6-15(23-28-9)22-18(26)11(3)29-8-16(24)27-10(2)17(25)21-14-5-4-12(20)7-13(14)19/h4-7,10-11H,8H2,1-3H3,(H,21,25)(H,22,23,26)/t10-,11+/m1/s1. The summed E-state index contributed by atoms with van der Waals surface area (Å²) in [5.74, 6) is -1.48. The van der Waals surface area contributed by atoms with Gasteiger partial charge in [-0.25, -0.2) is 4.39 Å². The van der Waals surface area contributed by atoms with Gasteiger partial charge in [0.2, 0.25) is 5.91 Å². The Balaban J connectivity index is 1.77. The van der Waals surface area contributed by atoms with Gasteiger partial charge in [-0.05, 0) is 39.0 Å². The van der Waals surface area contributed by atoms with Crippen LogP contribution in [0.15, 0.2) is 28.8 Å². The number of esters is 1. The Morgan fingerprint density at radius 2 is 1.97 bits per heavy atom. The fraction of sp³-hybridized carbons (Fsp3) is 0.333. The lowest BCUT2D eigenvalue weighted by molar-refractivity contribution is -0.150. The average molecular weight is 444 g/mol. The molecule has 0 radical (unpaired) electrons. The van der Waals surface area contributed by atoms with Crippen LogP contribution in [0.5, 0.6) is 0 Å². The van der Waals surface area contributed by atoms with Crippen molar-refractivity contribution >= 4 is 52.7 Å². The molecule has 2 N–H and O–H groups in total. The topological polar surface area (TPSA) is 111 Å². The molecular weight excluding hydrogens is 425 g/mol. The van der Waals surface area contributed by atoms with Crippen LogP contribution in [0.4, 0.5) is 15.9 Å². The summed E-state index contributed by atoms with van der Waals surface area (Å²) in [5.41, 5.74) is 0.198. The third kappa shape index (κ3) is 7.06. The predicted molar refractivity (Wildman–Crippen MR) is 107 cm³/mol. The number of thioether (sulfide) groups is 1. The summed E-state index contributed by atoms with van der Waals surface area (Å²) in [5, 5.41) is 8.13. The lowest BCUT2D eigenvalue weighted by Gasteiger charge is -2.15. The lowest BCUT2D eigenvalue weighted by atomic mass is 10.3. The van der Waals surface area contributed by atoms with Crippen LogP contribution in [0.25, 0.3) is 0 Å². The molecule has 0 bridgehead atoms. The molecule has 1 aromatic carbocycles. The van der Waals surface area contributed by atoms with Crippen molar-refractivity contribution in [1.29, 1.82) is 0 Å². The Bertz CT molecular complexity index is 907. The maximum absolute atomic E-state index is 13.0. The molecule has 0 aliphatic carbocycles. The van der Waals surface area contributed by atoms with Crippen molar-refractivity contribution in [3.8, 4) is 0 Å². The first-order chi connectivity index (χ1) is 13.7. The first kappa shape index (κ1) is 22.7. The van der Waals surface area contributed by atoms with Gasteiger partial charge in [0.15, 0.2) is 11.9 Å². The van der Waals surface area contributed by atoms with E-state index in [0.29, 0.717) is 5.76 Å². The average Bonchev–Trinajstić information content (AvgIpc) is 3.06. The van der Waals surface area contributed by atoms with Crippen LogP contribution in [0, 0.1) is 12.7 Å². The molecule has 2 rings (SSSR count). The number of halogens is 2. The number of benzene rings is 1. The van der Waals surface area contributed by atoms with Crippen LogP contribution in [0.1, 0.15) is 19.6 Å².